The number of hydrogen-bond donors (Lipinski definition) is 1. The molecule has 8 heteroatoms. The molecule has 0 saturated carbocycles. The Morgan fingerprint density at radius 1 is 1.46 bits per heavy atom. The Morgan fingerprint density at radius 3 is 2.92 bits per heavy atom. The molecule has 1 N–H and O–H groups in total. The lowest BCUT2D eigenvalue weighted by Crippen LogP contribution is -2.46. The van der Waals surface area contributed by atoms with Crippen molar-refractivity contribution in [2.24, 2.45) is 0 Å². The molecule has 2 aromatic heterocycles. The highest BCUT2D eigenvalue weighted by Crippen LogP contribution is 2.26. The zero-order chi connectivity index (χ0) is 17.3. The second kappa shape index (κ2) is 6.20. The van der Waals surface area contributed by atoms with E-state index >= 15 is 0 Å². The molecular formula is C16H21N5O3. The SMILES string of the molecule is Cc1cc(N2CC[C@](O)(CN(C)C(=O)c3coc(C)n3)C2)ncn1. The first-order valence-corrected chi connectivity index (χ1v) is 7.80. The summed E-state index contributed by atoms with van der Waals surface area (Å²) in [6.07, 6.45) is 3.42. The van der Waals surface area contributed by atoms with Crippen molar-refractivity contribution in [2.75, 3.05) is 31.6 Å². The number of aliphatic hydroxyl groups is 1. The molecule has 0 spiro atoms. The summed E-state index contributed by atoms with van der Waals surface area (Å²) in [7, 11) is 1.65. The summed E-state index contributed by atoms with van der Waals surface area (Å²) < 4.78 is 5.07. The van der Waals surface area contributed by atoms with Crippen LogP contribution in [0.2, 0.25) is 0 Å². The number of carbonyl (C=O) groups excluding carboxylic acids is 1. The highest BCUT2D eigenvalue weighted by atomic mass is 16.3. The first kappa shape index (κ1) is 16.4. The first-order valence-electron chi connectivity index (χ1n) is 7.80. The van der Waals surface area contributed by atoms with Crippen molar-refractivity contribution in [3.05, 3.63) is 35.9 Å². The van der Waals surface area contributed by atoms with Crippen LogP contribution in [0.25, 0.3) is 0 Å². The van der Waals surface area contributed by atoms with Crippen LogP contribution in [0.1, 0.15) is 28.5 Å². The molecule has 0 radical (unpaired) electrons. The second-order valence-electron chi connectivity index (χ2n) is 6.33. The van der Waals surface area contributed by atoms with Crippen LogP contribution in [0.15, 0.2) is 23.1 Å². The zero-order valence-electron chi connectivity index (χ0n) is 14.1. The van der Waals surface area contributed by atoms with Gasteiger partial charge in [0.2, 0.25) is 0 Å². The zero-order valence-corrected chi connectivity index (χ0v) is 14.1. The van der Waals surface area contributed by atoms with Gasteiger partial charge in [0.1, 0.15) is 24.0 Å². The summed E-state index contributed by atoms with van der Waals surface area (Å²) in [4.78, 5) is 28.2. The fourth-order valence-electron chi connectivity index (χ4n) is 2.96. The highest BCUT2D eigenvalue weighted by Gasteiger charge is 2.38. The third kappa shape index (κ3) is 3.38. The lowest BCUT2D eigenvalue weighted by Gasteiger charge is -2.28. The summed E-state index contributed by atoms with van der Waals surface area (Å²) in [6.45, 7) is 4.90. The number of aromatic nitrogens is 3. The smallest absolute Gasteiger partial charge is 0.275 e. The van der Waals surface area contributed by atoms with Crippen LogP contribution >= 0.6 is 0 Å². The van der Waals surface area contributed by atoms with Gasteiger partial charge in [-0.3, -0.25) is 4.79 Å². The molecule has 1 aliphatic heterocycles. The number of nitrogens with zero attached hydrogens (tertiary/aromatic N) is 5. The van der Waals surface area contributed by atoms with Crippen LogP contribution in [-0.2, 0) is 0 Å². The van der Waals surface area contributed by atoms with Gasteiger partial charge in [0.05, 0.1) is 6.54 Å². The van der Waals surface area contributed by atoms with Crippen molar-refractivity contribution >= 4 is 11.7 Å². The lowest BCUT2D eigenvalue weighted by atomic mass is 10.0. The number of β-amino-alcohol motifs (C(OH)–C–C–N with tert-alkyl or cyclic N) is 1. The molecule has 1 amide bonds. The quantitative estimate of drug-likeness (QED) is 0.885. The minimum Gasteiger partial charge on any atom is -0.448 e. The molecule has 3 heterocycles. The standard InChI is InChI=1S/C16H21N5O3/c1-11-6-14(18-10-17-11)21-5-4-16(23,9-21)8-20(3)15(22)13-7-24-12(2)19-13/h6-7,10,23H,4-5,8-9H2,1-3H3/t16-/m0/s1. The van der Waals surface area contributed by atoms with Gasteiger partial charge in [-0.05, 0) is 13.3 Å². The van der Waals surface area contributed by atoms with Crippen LogP contribution in [0.4, 0.5) is 5.82 Å². The summed E-state index contributed by atoms with van der Waals surface area (Å²) >= 11 is 0. The fourth-order valence-corrected chi connectivity index (χ4v) is 2.96. The van der Waals surface area contributed by atoms with Crippen LogP contribution < -0.4 is 4.90 Å². The summed E-state index contributed by atoms with van der Waals surface area (Å²) in [5, 5.41) is 10.8. The number of aryl methyl sites for hydroxylation is 2. The third-order valence-corrected chi connectivity index (χ3v) is 4.16. The van der Waals surface area contributed by atoms with Gasteiger partial charge < -0.3 is 19.3 Å². The Bertz CT molecular complexity index is 747. The van der Waals surface area contributed by atoms with Gasteiger partial charge in [0, 0.05) is 38.8 Å². The van der Waals surface area contributed by atoms with Gasteiger partial charge in [-0.2, -0.15) is 0 Å². The maximum Gasteiger partial charge on any atom is 0.275 e. The van der Waals surface area contributed by atoms with Crippen molar-refractivity contribution in [1.29, 1.82) is 0 Å². The van der Waals surface area contributed by atoms with E-state index in [0.29, 0.717) is 25.4 Å². The molecule has 3 rings (SSSR count). The van der Waals surface area contributed by atoms with Gasteiger partial charge in [0.25, 0.3) is 5.91 Å². The summed E-state index contributed by atoms with van der Waals surface area (Å²) in [5.41, 5.74) is 0.145. The normalized spacial score (nSPS) is 20.4. The number of rotatable bonds is 4. The van der Waals surface area contributed by atoms with E-state index in [9.17, 15) is 9.90 Å². The molecule has 1 saturated heterocycles. The van der Waals surface area contributed by atoms with Gasteiger partial charge >= 0.3 is 0 Å². The maximum atomic E-state index is 12.3. The summed E-state index contributed by atoms with van der Waals surface area (Å²) in [6, 6.07) is 1.89. The van der Waals surface area contributed by atoms with Crippen LogP contribution in [0, 0.1) is 13.8 Å². The molecule has 0 bridgehead atoms. The lowest BCUT2D eigenvalue weighted by molar-refractivity contribution is 0.0262. The molecule has 0 aromatic carbocycles. The summed E-state index contributed by atoms with van der Waals surface area (Å²) in [5.74, 6) is 0.966. The predicted octanol–water partition coefficient (Wildman–Crippen LogP) is 0.795. The second-order valence-corrected chi connectivity index (χ2v) is 6.33. The Hall–Kier alpha value is -2.48. The van der Waals surface area contributed by atoms with Crippen molar-refractivity contribution in [2.45, 2.75) is 25.9 Å². The van der Waals surface area contributed by atoms with E-state index in [-0.39, 0.29) is 18.1 Å². The van der Waals surface area contributed by atoms with Gasteiger partial charge in [-0.25, -0.2) is 15.0 Å². The van der Waals surface area contributed by atoms with Crippen molar-refractivity contribution in [3.8, 4) is 0 Å². The van der Waals surface area contributed by atoms with Crippen molar-refractivity contribution in [1.82, 2.24) is 19.9 Å². The number of carbonyl (C=O) groups is 1. The molecule has 1 atom stereocenters. The van der Waals surface area contributed by atoms with E-state index in [2.05, 4.69) is 15.0 Å². The molecular weight excluding hydrogens is 310 g/mol. The Kier molecular flexibility index (Phi) is 4.23. The van der Waals surface area contributed by atoms with E-state index in [1.54, 1.807) is 14.0 Å². The molecule has 1 fully saturated rings. The van der Waals surface area contributed by atoms with Gasteiger partial charge in [0.15, 0.2) is 11.6 Å². The molecule has 1 aliphatic rings. The van der Waals surface area contributed by atoms with E-state index < -0.39 is 5.60 Å². The number of oxazole rings is 1. The van der Waals surface area contributed by atoms with E-state index in [1.807, 2.05) is 17.9 Å². The fraction of sp³-hybridized carbons (Fsp3) is 0.500. The molecule has 24 heavy (non-hydrogen) atoms. The largest absolute Gasteiger partial charge is 0.448 e. The molecule has 0 unspecified atom stereocenters. The van der Waals surface area contributed by atoms with Crippen LogP contribution in [0.5, 0.6) is 0 Å². The Morgan fingerprint density at radius 2 is 2.25 bits per heavy atom. The van der Waals surface area contributed by atoms with Crippen molar-refractivity contribution < 1.29 is 14.3 Å². The van der Waals surface area contributed by atoms with Crippen LogP contribution in [0.3, 0.4) is 0 Å². The Balaban J connectivity index is 1.65. The first-order chi connectivity index (χ1) is 11.4. The number of anilines is 1. The molecule has 128 valence electrons. The average molecular weight is 331 g/mol. The maximum absolute atomic E-state index is 12.3. The minimum absolute atomic E-state index is 0.221. The monoisotopic (exact) mass is 331 g/mol. The molecule has 8 nitrogen and oxygen atoms in total. The van der Waals surface area contributed by atoms with E-state index in [0.717, 1.165) is 11.5 Å². The predicted molar refractivity (Wildman–Crippen MR) is 86.7 cm³/mol. The van der Waals surface area contributed by atoms with E-state index in [4.69, 9.17) is 4.42 Å². The average Bonchev–Trinajstić information content (AvgIpc) is 3.13. The van der Waals surface area contributed by atoms with Gasteiger partial charge in [-0.1, -0.05) is 0 Å². The van der Waals surface area contributed by atoms with Crippen LogP contribution in [-0.4, -0.2) is 63.1 Å². The molecule has 2 aromatic rings. The van der Waals surface area contributed by atoms with Gasteiger partial charge in [-0.15, -0.1) is 0 Å². The molecule has 0 aliphatic carbocycles. The number of amides is 1. The topological polar surface area (TPSA) is 95.6 Å². The van der Waals surface area contributed by atoms with E-state index in [1.165, 1.54) is 17.5 Å². The highest BCUT2D eigenvalue weighted by molar-refractivity contribution is 5.91. The Labute approximate surface area is 140 Å². The number of likely N-dealkylation sites (N-methyl/N-ethyl adjacent to an activating group) is 1. The number of hydrogen-bond acceptors (Lipinski definition) is 7. The minimum atomic E-state index is -0.984. The van der Waals surface area contributed by atoms with Crippen molar-refractivity contribution in [3.63, 3.8) is 0 Å². The third-order valence-electron chi connectivity index (χ3n) is 4.16.